The van der Waals surface area contributed by atoms with Gasteiger partial charge in [0.1, 0.15) is 23.0 Å². The van der Waals surface area contributed by atoms with Crippen molar-refractivity contribution >= 4 is 21.7 Å². The first-order valence-corrected chi connectivity index (χ1v) is 7.44. The smallest absolute Gasteiger partial charge is 0.193 e. The molecule has 4 heteroatoms. The van der Waals surface area contributed by atoms with Crippen molar-refractivity contribution in [3.63, 3.8) is 0 Å². The van der Waals surface area contributed by atoms with Crippen LogP contribution in [0.1, 0.15) is 19.6 Å². The van der Waals surface area contributed by atoms with Gasteiger partial charge in [-0.2, -0.15) is 0 Å². The molecule has 0 aliphatic carbocycles. The van der Waals surface area contributed by atoms with Gasteiger partial charge < -0.3 is 14.6 Å². The van der Waals surface area contributed by atoms with E-state index >= 15 is 0 Å². The van der Waals surface area contributed by atoms with Crippen LogP contribution in [0.3, 0.4) is 0 Å². The number of aliphatic hydroxyl groups excluding tert-OH is 1. The number of fused-ring (bicyclic) bond motifs is 3. The molecule has 3 aromatic rings. The van der Waals surface area contributed by atoms with Crippen molar-refractivity contribution in [1.29, 1.82) is 0 Å². The number of hydrogen-bond acceptors (Lipinski definition) is 4. The number of benzene rings is 2. The number of rotatable bonds is 3. The van der Waals surface area contributed by atoms with Crippen LogP contribution in [0.5, 0.6) is 0 Å². The standard InChI is InChI=1S/C19H18O4/c1-3-6-16(21)19(2,22)17-11-15(20)14-10-9-12-7-4-5-8-13(12)18(14)23-17/h3-11,16,21-22H,1-2H3/b6-3-/t16-,19+/m1/s1. The van der Waals surface area contributed by atoms with E-state index in [2.05, 4.69) is 0 Å². The Morgan fingerprint density at radius 3 is 2.65 bits per heavy atom. The summed E-state index contributed by atoms with van der Waals surface area (Å²) >= 11 is 0. The number of aliphatic hydroxyl groups is 2. The first-order valence-electron chi connectivity index (χ1n) is 7.44. The summed E-state index contributed by atoms with van der Waals surface area (Å²) in [7, 11) is 0. The van der Waals surface area contributed by atoms with Crippen molar-refractivity contribution in [2.75, 3.05) is 0 Å². The Kier molecular flexibility index (Phi) is 3.80. The van der Waals surface area contributed by atoms with E-state index in [4.69, 9.17) is 4.42 Å². The first-order chi connectivity index (χ1) is 10.9. The minimum Gasteiger partial charge on any atom is -0.457 e. The van der Waals surface area contributed by atoms with Crippen LogP contribution in [0, 0.1) is 0 Å². The summed E-state index contributed by atoms with van der Waals surface area (Å²) < 4.78 is 5.84. The molecule has 0 aliphatic heterocycles. The lowest BCUT2D eigenvalue weighted by Crippen LogP contribution is -2.35. The monoisotopic (exact) mass is 310 g/mol. The summed E-state index contributed by atoms with van der Waals surface area (Å²) in [4.78, 5) is 12.4. The van der Waals surface area contributed by atoms with Crippen LogP contribution < -0.4 is 5.43 Å². The highest BCUT2D eigenvalue weighted by atomic mass is 16.4. The molecule has 4 nitrogen and oxygen atoms in total. The van der Waals surface area contributed by atoms with Crippen molar-refractivity contribution in [3.05, 3.63) is 70.6 Å². The molecule has 0 saturated heterocycles. The van der Waals surface area contributed by atoms with Crippen LogP contribution in [0.2, 0.25) is 0 Å². The Hall–Kier alpha value is -2.43. The molecule has 0 amide bonds. The van der Waals surface area contributed by atoms with Gasteiger partial charge >= 0.3 is 0 Å². The first kappa shape index (κ1) is 15.5. The van der Waals surface area contributed by atoms with Crippen molar-refractivity contribution < 1.29 is 14.6 Å². The van der Waals surface area contributed by atoms with Crippen molar-refractivity contribution in [1.82, 2.24) is 0 Å². The maximum absolute atomic E-state index is 12.4. The van der Waals surface area contributed by atoms with E-state index in [1.807, 2.05) is 30.3 Å². The zero-order valence-corrected chi connectivity index (χ0v) is 13.0. The molecule has 118 valence electrons. The highest BCUT2D eigenvalue weighted by Gasteiger charge is 2.34. The zero-order valence-electron chi connectivity index (χ0n) is 13.0. The van der Waals surface area contributed by atoms with Crippen LogP contribution in [-0.2, 0) is 5.60 Å². The van der Waals surface area contributed by atoms with Crippen LogP contribution in [0.4, 0.5) is 0 Å². The summed E-state index contributed by atoms with van der Waals surface area (Å²) in [5.74, 6) is 0.0388. The van der Waals surface area contributed by atoms with Crippen LogP contribution in [-0.4, -0.2) is 16.3 Å². The van der Waals surface area contributed by atoms with E-state index < -0.39 is 11.7 Å². The van der Waals surface area contributed by atoms with Crippen molar-refractivity contribution in [3.8, 4) is 0 Å². The predicted molar refractivity (Wildman–Crippen MR) is 90.4 cm³/mol. The minimum atomic E-state index is -1.70. The fraction of sp³-hybridized carbons (Fsp3) is 0.211. The highest BCUT2D eigenvalue weighted by Crippen LogP contribution is 2.30. The second-order valence-corrected chi connectivity index (χ2v) is 5.76. The van der Waals surface area contributed by atoms with E-state index in [0.29, 0.717) is 11.0 Å². The summed E-state index contributed by atoms with van der Waals surface area (Å²) in [6, 6.07) is 12.4. The van der Waals surface area contributed by atoms with Crippen molar-refractivity contribution in [2.24, 2.45) is 0 Å². The summed E-state index contributed by atoms with van der Waals surface area (Å²) in [5.41, 5.74) is -1.53. The van der Waals surface area contributed by atoms with Gasteiger partial charge in [0, 0.05) is 11.5 Å². The average Bonchev–Trinajstić information content (AvgIpc) is 2.54. The van der Waals surface area contributed by atoms with Gasteiger partial charge in [-0.15, -0.1) is 0 Å². The summed E-state index contributed by atoms with van der Waals surface area (Å²) in [5, 5.41) is 22.9. The molecular formula is C19H18O4. The molecule has 1 heterocycles. The fourth-order valence-corrected chi connectivity index (χ4v) is 2.65. The molecule has 0 saturated carbocycles. The maximum atomic E-state index is 12.4. The zero-order chi connectivity index (χ0) is 16.6. The van der Waals surface area contributed by atoms with E-state index in [1.54, 1.807) is 19.1 Å². The topological polar surface area (TPSA) is 70.7 Å². The van der Waals surface area contributed by atoms with Crippen LogP contribution in [0.25, 0.3) is 21.7 Å². The molecule has 0 radical (unpaired) electrons. The summed E-state index contributed by atoms with van der Waals surface area (Å²) in [6.07, 6.45) is 1.91. The lowest BCUT2D eigenvalue weighted by molar-refractivity contribution is -0.0570. The number of hydrogen-bond donors (Lipinski definition) is 2. The second kappa shape index (κ2) is 5.65. The largest absolute Gasteiger partial charge is 0.457 e. The molecule has 0 spiro atoms. The quantitative estimate of drug-likeness (QED) is 0.576. The average molecular weight is 310 g/mol. The Labute approximate surface area is 133 Å². The number of allylic oxidation sites excluding steroid dienone is 1. The van der Waals surface area contributed by atoms with Crippen LogP contribution >= 0.6 is 0 Å². The van der Waals surface area contributed by atoms with Gasteiger partial charge in [-0.05, 0) is 25.3 Å². The third kappa shape index (κ3) is 2.56. The molecule has 23 heavy (non-hydrogen) atoms. The Morgan fingerprint density at radius 2 is 1.91 bits per heavy atom. The van der Waals surface area contributed by atoms with Gasteiger partial charge in [0.2, 0.25) is 0 Å². The van der Waals surface area contributed by atoms with Gasteiger partial charge in [0.25, 0.3) is 0 Å². The van der Waals surface area contributed by atoms with Gasteiger partial charge in [-0.25, -0.2) is 0 Å². The van der Waals surface area contributed by atoms with Gasteiger partial charge in [-0.3, -0.25) is 4.79 Å². The Morgan fingerprint density at radius 1 is 1.17 bits per heavy atom. The Bertz CT molecular complexity index is 950. The van der Waals surface area contributed by atoms with E-state index in [-0.39, 0.29) is 11.2 Å². The Balaban J connectivity index is 2.32. The van der Waals surface area contributed by atoms with Crippen LogP contribution in [0.15, 0.2) is 63.8 Å². The third-order valence-electron chi connectivity index (χ3n) is 4.07. The molecule has 2 atom stereocenters. The fourth-order valence-electron chi connectivity index (χ4n) is 2.65. The lowest BCUT2D eigenvalue weighted by atomic mass is 9.94. The highest BCUT2D eigenvalue weighted by molar-refractivity contribution is 6.03. The lowest BCUT2D eigenvalue weighted by Gasteiger charge is -2.26. The molecule has 0 bridgehead atoms. The van der Waals surface area contributed by atoms with E-state index in [9.17, 15) is 15.0 Å². The SMILES string of the molecule is C/C=C\[C@@H](O)[C@](C)(O)c1cc(=O)c2ccc3ccccc3c2o1. The maximum Gasteiger partial charge on any atom is 0.193 e. The molecule has 0 unspecified atom stereocenters. The summed E-state index contributed by atoms with van der Waals surface area (Å²) in [6.45, 7) is 3.16. The molecule has 2 N–H and O–H groups in total. The van der Waals surface area contributed by atoms with Gasteiger partial charge in [-0.1, -0.05) is 42.5 Å². The predicted octanol–water partition coefficient (Wildman–Crippen LogP) is 3.09. The molecule has 2 aromatic carbocycles. The second-order valence-electron chi connectivity index (χ2n) is 5.76. The van der Waals surface area contributed by atoms with Gasteiger partial charge in [0.05, 0.1) is 5.39 Å². The molecule has 3 rings (SSSR count). The van der Waals surface area contributed by atoms with Crippen molar-refractivity contribution in [2.45, 2.75) is 25.6 Å². The van der Waals surface area contributed by atoms with E-state index in [1.165, 1.54) is 19.1 Å². The molecule has 1 aromatic heterocycles. The third-order valence-corrected chi connectivity index (χ3v) is 4.07. The minimum absolute atomic E-state index is 0.0388. The molecule has 0 fully saturated rings. The van der Waals surface area contributed by atoms with E-state index in [0.717, 1.165) is 10.8 Å². The van der Waals surface area contributed by atoms with Gasteiger partial charge in [0.15, 0.2) is 5.43 Å². The molecule has 0 aliphatic rings. The normalized spacial score (nSPS) is 16.0. The molecular weight excluding hydrogens is 292 g/mol.